The summed E-state index contributed by atoms with van der Waals surface area (Å²) in [7, 11) is 0. The summed E-state index contributed by atoms with van der Waals surface area (Å²) in [6.45, 7) is 9.10. The van der Waals surface area contributed by atoms with Gasteiger partial charge in [-0.2, -0.15) is 0 Å². The Kier molecular flexibility index (Phi) is 4.53. The average molecular weight is 330 g/mol. The van der Waals surface area contributed by atoms with Crippen LogP contribution in [0.5, 0.6) is 0 Å². The first-order chi connectivity index (χ1) is 8.36. The monoisotopic (exact) mass is 329 g/mol. The summed E-state index contributed by atoms with van der Waals surface area (Å²) in [5.74, 6) is 1.65. The van der Waals surface area contributed by atoms with Gasteiger partial charge in [-0.25, -0.2) is 4.98 Å². The van der Waals surface area contributed by atoms with Crippen molar-refractivity contribution in [2.45, 2.75) is 63.6 Å². The highest BCUT2D eigenvalue weighted by Gasteiger charge is 2.28. The van der Waals surface area contributed by atoms with Gasteiger partial charge in [0.2, 0.25) is 0 Å². The summed E-state index contributed by atoms with van der Waals surface area (Å²) in [5.41, 5.74) is 1.43. The lowest BCUT2D eigenvalue weighted by atomic mass is 9.81. The molecular formula is C15H24BrNS. The molecule has 0 saturated heterocycles. The third kappa shape index (κ3) is 3.57. The molecule has 0 aromatic carbocycles. The van der Waals surface area contributed by atoms with Gasteiger partial charge in [-0.1, -0.05) is 43.6 Å². The molecule has 0 radical (unpaired) electrons. The fourth-order valence-electron chi connectivity index (χ4n) is 2.65. The average Bonchev–Trinajstić information content (AvgIpc) is 2.71. The summed E-state index contributed by atoms with van der Waals surface area (Å²) >= 11 is 5.70. The van der Waals surface area contributed by atoms with Crippen molar-refractivity contribution in [2.75, 3.05) is 0 Å². The molecule has 1 aliphatic carbocycles. The highest BCUT2D eigenvalue weighted by atomic mass is 79.9. The summed E-state index contributed by atoms with van der Waals surface area (Å²) in [6.07, 6.45) is 5.20. The van der Waals surface area contributed by atoms with Gasteiger partial charge >= 0.3 is 0 Å². The minimum atomic E-state index is 0.183. The Hall–Kier alpha value is 0.110. The van der Waals surface area contributed by atoms with E-state index < -0.39 is 0 Å². The van der Waals surface area contributed by atoms with E-state index in [1.165, 1.54) is 30.0 Å². The molecule has 0 N–H and O–H groups in total. The normalized spacial score (nSPS) is 29.5. The number of hydrogen-bond acceptors (Lipinski definition) is 2. The first-order valence-corrected chi connectivity index (χ1v) is 8.74. The predicted octanol–water partition coefficient (Wildman–Crippen LogP) is 5.18. The van der Waals surface area contributed by atoms with E-state index in [0.29, 0.717) is 4.83 Å². The maximum Gasteiger partial charge on any atom is 0.0931 e. The van der Waals surface area contributed by atoms with Gasteiger partial charge in [0.05, 0.1) is 10.7 Å². The van der Waals surface area contributed by atoms with E-state index in [1.54, 1.807) is 0 Å². The van der Waals surface area contributed by atoms with Gasteiger partial charge in [-0.15, -0.1) is 11.3 Å². The number of rotatable bonds is 2. The van der Waals surface area contributed by atoms with Crippen LogP contribution in [-0.4, -0.2) is 9.81 Å². The Morgan fingerprint density at radius 1 is 1.39 bits per heavy atom. The lowest BCUT2D eigenvalue weighted by Gasteiger charge is -2.31. The number of nitrogens with zero attached hydrogens (tertiary/aromatic N) is 1. The molecule has 0 amide bonds. The highest BCUT2D eigenvalue weighted by Crippen LogP contribution is 2.36. The summed E-state index contributed by atoms with van der Waals surface area (Å²) in [5, 5.41) is 3.56. The van der Waals surface area contributed by atoms with Gasteiger partial charge < -0.3 is 0 Å². The van der Waals surface area contributed by atoms with Gasteiger partial charge in [0.15, 0.2) is 0 Å². The van der Waals surface area contributed by atoms with Crippen LogP contribution in [0.15, 0.2) is 5.38 Å². The molecule has 1 fully saturated rings. The third-order valence-electron chi connectivity index (χ3n) is 3.91. The van der Waals surface area contributed by atoms with Crippen LogP contribution in [0.2, 0.25) is 0 Å². The molecule has 2 rings (SSSR count). The number of alkyl halides is 1. The number of thiazole rings is 1. The van der Waals surface area contributed by atoms with E-state index >= 15 is 0 Å². The van der Waals surface area contributed by atoms with Crippen molar-refractivity contribution >= 4 is 27.3 Å². The van der Waals surface area contributed by atoms with Crippen LogP contribution in [0.4, 0.5) is 0 Å². The Bertz CT molecular complexity index is 393. The van der Waals surface area contributed by atoms with E-state index in [4.69, 9.17) is 4.98 Å². The molecule has 1 aromatic rings. The minimum Gasteiger partial charge on any atom is -0.246 e. The van der Waals surface area contributed by atoms with E-state index in [0.717, 1.165) is 18.3 Å². The van der Waals surface area contributed by atoms with Crippen LogP contribution in [-0.2, 0) is 11.8 Å². The molecule has 0 bridgehead atoms. The first-order valence-electron chi connectivity index (χ1n) is 6.95. The molecule has 3 heteroatoms. The second kappa shape index (κ2) is 5.62. The van der Waals surface area contributed by atoms with Crippen LogP contribution >= 0.6 is 27.3 Å². The Morgan fingerprint density at radius 3 is 2.72 bits per heavy atom. The second-order valence-electron chi connectivity index (χ2n) is 6.77. The van der Waals surface area contributed by atoms with Crippen LogP contribution in [0.25, 0.3) is 0 Å². The lowest BCUT2D eigenvalue weighted by molar-refractivity contribution is 0.294. The zero-order valence-electron chi connectivity index (χ0n) is 11.9. The minimum absolute atomic E-state index is 0.183. The van der Waals surface area contributed by atoms with Crippen molar-refractivity contribution in [1.82, 2.24) is 4.98 Å². The SMILES string of the molecule is CC1CCC(Br)C(Cc2nc(C(C)(C)C)cs2)C1. The number of aromatic nitrogens is 1. The zero-order valence-corrected chi connectivity index (χ0v) is 14.3. The highest BCUT2D eigenvalue weighted by molar-refractivity contribution is 9.09. The Balaban J connectivity index is 2.02. The number of hydrogen-bond donors (Lipinski definition) is 0. The van der Waals surface area contributed by atoms with Crippen LogP contribution in [0.3, 0.4) is 0 Å². The maximum absolute atomic E-state index is 4.83. The van der Waals surface area contributed by atoms with Gasteiger partial charge in [-0.05, 0) is 31.1 Å². The van der Waals surface area contributed by atoms with E-state index in [1.807, 2.05) is 11.3 Å². The van der Waals surface area contributed by atoms with Crippen LogP contribution < -0.4 is 0 Å². The molecule has 1 aromatic heterocycles. The Morgan fingerprint density at radius 2 is 2.11 bits per heavy atom. The number of halogens is 1. The topological polar surface area (TPSA) is 12.9 Å². The molecule has 1 nitrogen and oxygen atoms in total. The van der Waals surface area contributed by atoms with Crippen molar-refractivity contribution in [1.29, 1.82) is 0 Å². The van der Waals surface area contributed by atoms with Crippen molar-refractivity contribution in [3.63, 3.8) is 0 Å². The molecule has 0 aliphatic heterocycles. The van der Waals surface area contributed by atoms with Crippen molar-refractivity contribution in [3.05, 3.63) is 16.1 Å². The van der Waals surface area contributed by atoms with Crippen molar-refractivity contribution < 1.29 is 0 Å². The molecule has 3 unspecified atom stereocenters. The van der Waals surface area contributed by atoms with Crippen molar-refractivity contribution in [3.8, 4) is 0 Å². The van der Waals surface area contributed by atoms with Crippen LogP contribution in [0, 0.1) is 11.8 Å². The standard InChI is InChI=1S/C15H24BrNS/c1-10-5-6-12(16)11(7-10)8-14-17-13(9-18-14)15(2,3)4/h9-12H,5-8H2,1-4H3. The van der Waals surface area contributed by atoms with Gasteiger partial charge in [0.1, 0.15) is 0 Å². The molecule has 102 valence electrons. The largest absolute Gasteiger partial charge is 0.246 e. The van der Waals surface area contributed by atoms with Crippen molar-refractivity contribution in [2.24, 2.45) is 11.8 Å². The fraction of sp³-hybridized carbons (Fsp3) is 0.800. The summed E-state index contributed by atoms with van der Waals surface area (Å²) in [4.78, 5) is 5.52. The third-order valence-corrected chi connectivity index (χ3v) is 5.99. The fourth-order valence-corrected chi connectivity index (χ4v) is 4.43. The molecule has 18 heavy (non-hydrogen) atoms. The summed E-state index contributed by atoms with van der Waals surface area (Å²) in [6, 6.07) is 0. The van der Waals surface area contributed by atoms with Crippen LogP contribution in [0.1, 0.15) is 57.7 Å². The molecule has 0 spiro atoms. The zero-order chi connectivity index (χ0) is 13.3. The predicted molar refractivity (Wildman–Crippen MR) is 83.7 cm³/mol. The summed E-state index contributed by atoms with van der Waals surface area (Å²) < 4.78 is 0. The Labute approximate surface area is 124 Å². The first kappa shape index (κ1) is 14.5. The molecule has 3 atom stereocenters. The molecular weight excluding hydrogens is 306 g/mol. The van der Waals surface area contributed by atoms with E-state index in [9.17, 15) is 0 Å². The second-order valence-corrected chi connectivity index (χ2v) is 8.89. The molecule has 1 aliphatic rings. The van der Waals surface area contributed by atoms with Gasteiger partial charge in [0, 0.05) is 22.0 Å². The van der Waals surface area contributed by atoms with E-state index in [-0.39, 0.29) is 5.41 Å². The quantitative estimate of drug-likeness (QED) is 0.681. The van der Waals surface area contributed by atoms with Gasteiger partial charge in [-0.3, -0.25) is 0 Å². The smallest absolute Gasteiger partial charge is 0.0931 e. The van der Waals surface area contributed by atoms with E-state index in [2.05, 4.69) is 49.0 Å². The lowest BCUT2D eigenvalue weighted by Crippen LogP contribution is -2.25. The molecule has 1 heterocycles. The van der Waals surface area contributed by atoms with Gasteiger partial charge in [0.25, 0.3) is 0 Å². The maximum atomic E-state index is 4.83. The molecule has 1 saturated carbocycles.